The lowest BCUT2D eigenvalue weighted by Crippen LogP contribution is -2.13. The van der Waals surface area contributed by atoms with Gasteiger partial charge in [0.1, 0.15) is 5.82 Å². The Labute approximate surface area is 138 Å². The van der Waals surface area contributed by atoms with Gasteiger partial charge in [-0.2, -0.15) is 0 Å². The molecule has 0 saturated carbocycles. The number of carbonyl (C=O) groups excluding carboxylic acids is 1. The third-order valence-corrected chi connectivity index (χ3v) is 3.28. The van der Waals surface area contributed by atoms with Crippen LogP contribution in [0.4, 0.5) is 21.7 Å². The molecule has 3 aromatic rings. The molecule has 0 unspecified atom stereocenters. The van der Waals surface area contributed by atoms with Gasteiger partial charge < -0.3 is 10.6 Å². The van der Waals surface area contributed by atoms with Gasteiger partial charge in [0.25, 0.3) is 5.91 Å². The summed E-state index contributed by atoms with van der Waals surface area (Å²) in [4.78, 5) is 12.0. The Morgan fingerprint density at radius 3 is 2.42 bits per heavy atom. The van der Waals surface area contributed by atoms with Crippen molar-refractivity contribution in [3.8, 4) is 0 Å². The van der Waals surface area contributed by atoms with Crippen molar-refractivity contribution in [2.75, 3.05) is 10.6 Å². The van der Waals surface area contributed by atoms with E-state index < -0.39 is 11.7 Å². The van der Waals surface area contributed by atoms with Crippen molar-refractivity contribution in [1.29, 1.82) is 0 Å². The summed E-state index contributed by atoms with van der Waals surface area (Å²) in [5.41, 5.74) is 2.26. The van der Waals surface area contributed by atoms with Crippen LogP contribution in [0, 0.1) is 12.7 Å². The maximum absolute atomic E-state index is 13.1. The molecule has 1 aromatic heterocycles. The summed E-state index contributed by atoms with van der Waals surface area (Å²) in [5.74, 6) is -0.0574. The van der Waals surface area contributed by atoms with Gasteiger partial charge in [0.15, 0.2) is 11.6 Å². The van der Waals surface area contributed by atoms with E-state index in [1.54, 1.807) is 12.1 Å². The van der Waals surface area contributed by atoms with Gasteiger partial charge in [0.05, 0.1) is 0 Å². The first-order valence-corrected chi connectivity index (χ1v) is 7.34. The summed E-state index contributed by atoms with van der Waals surface area (Å²) in [6.45, 7) is 2.00. The molecule has 120 valence electrons. The average molecular weight is 322 g/mol. The minimum atomic E-state index is -0.466. The highest BCUT2D eigenvalue weighted by molar-refractivity contribution is 6.03. The predicted molar refractivity (Wildman–Crippen MR) is 90.8 cm³/mol. The molecule has 0 bridgehead atoms. The highest BCUT2D eigenvalue weighted by Crippen LogP contribution is 2.16. The molecule has 1 amide bonds. The zero-order valence-corrected chi connectivity index (χ0v) is 13.0. The zero-order valence-electron chi connectivity index (χ0n) is 13.0. The Hall–Kier alpha value is -3.28. The standard InChI is InChI=1S/C18H15FN4O/c1-12-4-2-7-15(10-12)20-16-8-9-17(23-22-16)21-18(24)13-5-3-6-14(19)11-13/h2-11H,1H3,(H,20,22)(H,21,23,24). The minimum Gasteiger partial charge on any atom is -0.339 e. The molecule has 3 rings (SSSR count). The number of rotatable bonds is 4. The normalized spacial score (nSPS) is 10.2. The summed E-state index contributed by atoms with van der Waals surface area (Å²) in [6, 6.07) is 16.6. The Morgan fingerprint density at radius 1 is 0.958 bits per heavy atom. The molecule has 0 radical (unpaired) electrons. The second-order valence-electron chi connectivity index (χ2n) is 5.26. The third-order valence-electron chi connectivity index (χ3n) is 3.28. The van der Waals surface area contributed by atoms with Crippen LogP contribution in [0.3, 0.4) is 0 Å². The lowest BCUT2D eigenvalue weighted by molar-refractivity contribution is 0.102. The molecule has 0 fully saturated rings. The molecule has 0 spiro atoms. The van der Waals surface area contributed by atoms with Crippen molar-refractivity contribution in [3.05, 3.63) is 77.6 Å². The van der Waals surface area contributed by atoms with Gasteiger partial charge in [-0.25, -0.2) is 4.39 Å². The highest BCUT2D eigenvalue weighted by atomic mass is 19.1. The maximum atomic E-state index is 13.1. The van der Waals surface area contributed by atoms with Gasteiger partial charge >= 0.3 is 0 Å². The van der Waals surface area contributed by atoms with Gasteiger partial charge in [-0.05, 0) is 55.0 Å². The summed E-state index contributed by atoms with van der Waals surface area (Å²) in [6.07, 6.45) is 0. The minimum absolute atomic E-state index is 0.221. The highest BCUT2D eigenvalue weighted by Gasteiger charge is 2.08. The van der Waals surface area contributed by atoms with E-state index in [4.69, 9.17) is 0 Å². The fourth-order valence-electron chi connectivity index (χ4n) is 2.15. The second-order valence-corrected chi connectivity index (χ2v) is 5.26. The Kier molecular flexibility index (Phi) is 4.47. The Balaban J connectivity index is 1.67. The van der Waals surface area contributed by atoms with Gasteiger partial charge in [-0.15, -0.1) is 10.2 Å². The molecular weight excluding hydrogens is 307 g/mol. The smallest absolute Gasteiger partial charge is 0.256 e. The van der Waals surface area contributed by atoms with Crippen LogP contribution in [-0.2, 0) is 0 Å². The van der Waals surface area contributed by atoms with E-state index in [0.29, 0.717) is 11.6 Å². The van der Waals surface area contributed by atoms with Crippen LogP contribution in [0.2, 0.25) is 0 Å². The summed E-state index contributed by atoms with van der Waals surface area (Å²) in [5, 5.41) is 13.7. The number of nitrogens with zero attached hydrogens (tertiary/aromatic N) is 2. The Bertz CT molecular complexity index is 865. The summed E-state index contributed by atoms with van der Waals surface area (Å²) >= 11 is 0. The number of nitrogens with one attached hydrogen (secondary N) is 2. The van der Waals surface area contributed by atoms with Crippen molar-refractivity contribution in [2.24, 2.45) is 0 Å². The third kappa shape index (κ3) is 3.92. The van der Waals surface area contributed by atoms with Crippen LogP contribution in [0.15, 0.2) is 60.7 Å². The number of halogens is 1. The fraction of sp³-hybridized carbons (Fsp3) is 0.0556. The quantitative estimate of drug-likeness (QED) is 0.764. The molecule has 2 N–H and O–H groups in total. The first-order valence-electron chi connectivity index (χ1n) is 7.34. The van der Waals surface area contributed by atoms with Gasteiger partial charge in [0, 0.05) is 11.3 Å². The van der Waals surface area contributed by atoms with Crippen molar-refractivity contribution in [3.63, 3.8) is 0 Å². The number of hydrogen-bond donors (Lipinski definition) is 2. The number of anilines is 3. The molecule has 1 heterocycles. The average Bonchev–Trinajstić information content (AvgIpc) is 2.57. The largest absolute Gasteiger partial charge is 0.339 e. The molecule has 0 aliphatic carbocycles. The van der Waals surface area contributed by atoms with Crippen LogP contribution in [0.1, 0.15) is 15.9 Å². The number of hydrogen-bond acceptors (Lipinski definition) is 4. The van der Waals surface area contributed by atoms with E-state index in [1.165, 1.54) is 18.2 Å². The molecule has 2 aromatic carbocycles. The fourth-order valence-corrected chi connectivity index (χ4v) is 2.15. The van der Waals surface area contributed by atoms with E-state index in [1.807, 2.05) is 31.2 Å². The molecule has 0 atom stereocenters. The van der Waals surface area contributed by atoms with E-state index in [9.17, 15) is 9.18 Å². The van der Waals surface area contributed by atoms with Crippen LogP contribution in [0.5, 0.6) is 0 Å². The lowest BCUT2D eigenvalue weighted by Gasteiger charge is -2.07. The van der Waals surface area contributed by atoms with Crippen molar-refractivity contribution in [2.45, 2.75) is 6.92 Å². The van der Waals surface area contributed by atoms with Crippen LogP contribution in [0.25, 0.3) is 0 Å². The molecule has 0 aliphatic heterocycles. The number of aryl methyl sites for hydroxylation is 1. The first kappa shape index (κ1) is 15.6. The molecule has 24 heavy (non-hydrogen) atoms. The van der Waals surface area contributed by atoms with Crippen LogP contribution < -0.4 is 10.6 Å². The van der Waals surface area contributed by atoms with E-state index >= 15 is 0 Å². The predicted octanol–water partition coefficient (Wildman–Crippen LogP) is 3.92. The topological polar surface area (TPSA) is 66.9 Å². The zero-order chi connectivity index (χ0) is 16.9. The lowest BCUT2D eigenvalue weighted by atomic mass is 10.2. The number of benzene rings is 2. The molecule has 6 heteroatoms. The molecule has 0 aliphatic rings. The van der Waals surface area contributed by atoms with Gasteiger partial charge in [-0.1, -0.05) is 18.2 Å². The van der Waals surface area contributed by atoms with Gasteiger partial charge in [0.2, 0.25) is 0 Å². The maximum Gasteiger partial charge on any atom is 0.256 e. The van der Waals surface area contributed by atoms with E-state index in [-0.39, 0.29) is 5.56 Å². The SMILES string of the molecule is Cc1cccc(Nc2ccc(NC(=O)c3cccc(F)c3)nn2)c1. The monoisotopic (exact) mass is 322 g/mol. The number of aromatic nitrogens is 2. The number of amides is 1. The van der Waals surface area contributed by atoms with Crippen LogP contribution >= 0.6 is 0 Å². The second kappa shape index (κ2) is 6.87. The van der Waals surface area contributed by atoms with Crippen LogP contribution in [-0.4, -0.2) is 16.1 Å². The molecule has 5 nitrogen and oxygen atoms in total. The first-order chi connectivity index (χ1) is 11.6. The van der Waals surface area contributed by atoms with Gasteiger partial charge in [-0.3, -0.25) is 4.79 Å². The summed E-state index contributed by atoms with van der Waals surface area (Å²) in [7, 11) is 0. The number of carbonyl (C=O) groups is 1. The van der Waals surface area contributed by atoms with E-state index in [0.717, 1.165) is 17.3 Å². The van der Waals surface area contributed by atoms with Crippen molar-refractivity contribution < 1.29 is 9.18 Å². The van der Waals surface area contributed by atoms with Crippen molar-refractivity contribution in [1.82, 2.24) is 10.2 Å². The van der Waals surface area contributed by atoms with Crippen molar-refractivity contribution >= 4 is 23.2 Å². The van der Waals surface area contributed by atoms with E-state index in [2.05, 4.69) is 20.8 Å². The molecule has 0 saturated heterocycles. The molecular formula is C18H15FN4O. The Morgan fingerprint density at radius 2 is 1.71 bits per heavy atom. The summed E-state index contributed by atoms with van der Waals surface area (Å²) < 4.78 is 13.1.